The molecule has 0 saturated heterocycles. The van der Waals surface area contributed by atoms with E-state index in [-0.39, 0.29) is 34.9 Å². The zero-order chi connectivity index (χ0) is 42.3. The fourth-order valence-corrected chi connectivity index (χ4v) is 20.0. The Hall–Kier alpha value is -2.31. The minimum absolute atomic E-state index is 0.0422. The van der Waals surface area contributed by atoms with Crippen molar-refractivity contribution in [2.24, 2.45) is 16.2 Å². The van der Waals surface area contributed by atoms with Crippen LogP contribution in [0.3, 0.4) is 0 Å². The number of hydrogen-bond acceptors (Lipinski definition) is 3. The Morgan fingerprint density at radius 2 is 0.690 bits per heavy atom. The van der Waals surface area contributed by atoms with Crippen LogP contribution in [0.2, 0.25) is 39.3 Å². The molecule has 0 aliphatic rings. The van der Waals surface area contributed by atoms with Crippen LogP contribution in [0.25, 0.3) is 32.7 Å². The van der Waals surface area contributed by atoms with Gasteiger partial charge in [0.05, 0.1) is 0 Å². The maximum atomic E-state index is 6.71. The van der Waals surface area contributed by atoms with E-state index in [1.165, 1.54) is 42.5 Å². The number of hydrogen-bond donors (Lipinski definition) is 0. The molecule has 314 valence electrons. The molecular formula is C48H72BiN3O3Si3. The summed E-state index contributed by atoms with van der Waals surface area (Å²) >= 11 is -2.88. The predicted octanol–water partition coefficient (Wildman–Crippen LogP) is 10.9. The van der Waals surface area contributed by atoms with Gasteiger partial charge in [-0.3, -0.25) is 0 Å². The molecule has 0 aliphatic heterocycles. The summed E-state index contributed by atoms with van der Waals surface area (Å²) in [6.45, 7) is 34.5. The maximum absolute atomic E-state index is 6.71. The van der Waals surface area contributed by atoms with Crippen LogP contribution < -0.4 is 9.81 Å². The normalized spacial score (nSPS) is 14.9. The van der Waals surface area contributed by atoms with E-state index < -0.39 is 48.9 Å². The molecule has 3 heterocycles. The van der Waals surface area contributed by atoms with Gasteiger partial charge in [0, 0.05) is 0 Å². The molecular weight excluding hydrogens is 960 g/mol. The Kier molecular flexibility index (Phi) is 14.0. The summed E-state index contributed by atoms with van der Waals surface area (Å²) in [4.78, 5) is 0. The number of fused-ring (bicyclic) bond motifs is 3. The van der Waals surface area contributed by atoms with Gasteiger partial charge in [0.15, 0.2) is 0 Å². The Morgan fingerprint density at radius 1 is 0.431 bits per heavy atom. The number of aromatic nitrogens is 3. The van der Waals surface area contributed by atoms with E-state index in [1.54, 1.807) is 0 Å². The van der Waals surface area contributed by atoms with Gasteiger partial charge >= 0.3 is 366 Å². The van der Waals surface area contributed by atoms with Crippen LogP contribution in [-0.4, -0.2) is 62.6 Å². The molecule has 3 aromatic carbocycles. The van der Waals surface area contributed by atoms with Crippen LogP contribution in [0.1, 0.15) is 100 Å². The fraction of sp³-hybridized carbons (Fsp3) is 0.500. The second kappa shape index (κ2) is 18.0. The minimum atomic E-state index is -2.88. The first-order chi connectivity index (χ1) is 27.0. The molecule has 0 bridgehead atoms. The summed E-state index contributed by atoms with van der Waals surface area (Å²) < 4.78 is 31.8. The third-order valence-corrected chi connectivity index (χ3v) is 22.3. The van der Waals surface area contributed by atoms with Gasteiger partial charge in [0.2, 0.25) is 0 Å². The molecule has 3 unspecified atom stereocenters. The van der Waals surface area contributed by atoms with Gasteiger partial charge in [0.1, 0.15) is 0 Å². The molecule has 0 saturated carbocycles. The summed E-state index contributed by atoms with van der Waals surface area (Å²) in [5.41, 5.74) is 4.25. The summed E-state index contributed by atoms with van der Waals surface area (Å²) in [5, 5.41) is 3.89. The van der Waals surface area contributed by atoms with Crippen molar-refractivity contribution >= 4 is 91.4 Å². The van der Waals surface area contributed by atoms with Gasteiger partial charge in [-0.15, -0.1) is 0 Å². The average molecular weight is 1030 g/mol. The fourth-order valence-electron chi connectivity index (χ4n) is 8.22. The first kappa shape index (κ1) is 45.2. The van der Waals surface area contributed by atoms with Crippen LogP contribution in [0.5, 0.6) is 0 Å². The molecule has 10 heteroatoms. The zero-order valence-corrected chi connectivity index (χ0v) is 45.2. The van der Waals surface area contributed by atoms with E-state index in [4.69, 9.17) is 13.3 Å². The van der Waals surface area contributed by atoms with Crippen molar-refractivity contribution < 1.29 is 13.3 Å². The second-order valence-electron chi connectivity index (χ2n) is 20.9. The van der Waals surface area contributed by atoms with Crippen molar-refractivity contribution in [3.8, 4) is 0 Å². The quantitative estimate of drug-likeness (QED) is 0.0963. The number of rotatable bonds is 15. The molecule has 6 aromatic rings. The number of nitrogens with zero attached hydrogens (tertiary/aromatic N) is 3. The molecule has 0 fully saturated rings. The van der Waals surface area contributed by atoms with Gasteiger partial charge < -0.3 is 0 Å². The van der Waals surface area contributed by atoms with Crippen molar-refractivity contribution in [1.82, 2.24) is 13.7 Å². The monoisotopic (exact) mass is 1030 g/mol. The molecule has 58 heavy (non-hydrogen) atoms. The van der Waals surface area contributed by atoms with Gasteiger partial charge in [0.25, 0.3) is 0 Å². The molecule has 0 amide bonds. The topological polar surface area (TPSA) is 42.5 Å². The molecule has 6 nitrogen and oxygen atoms in total. The second-order valence-corrected chi connectivity index (χ2v) is 36.7. The molecule has 6 rings (SSSR count). The third kappa shape index (κ3) is 11.3. The SMILES string of the molecule is C[SiH](C)OC(CC(C)(C)C)n1ccc2c[c]([Bi]([c]3ccc4c(ccn4C(CC(C)(C)C)O[SiH](C)C)c3)[c]3ccc4c(ccn4C(CC(C)(C)C)O[SiH](C)C)c3)ccc21. The van der Waals surface area contributed by atoms with Crippen molar-refractivity contribution in [3.05, 3.63) is 91.4 Å². The van der Waals surface area contributed by atoms with Crippen molar-refractivity contribution in [2.45, 2.75) is 140 Å². The van der Waals surface area contributed by atoms with Crippen LogP contribution in [-0.2, 0) is 13.3 Å². The summed E-state index contributed by atoms with van der Waals surface area (Å²) in [6, 6.07) is 29.0. The van der Waals surface area contributed by atoms with E-state index in [9.17, 15) is 0 Å². The van der Waals surface area contributed by atoms with Gasteiger partial charge in [-0.25, -0.2) is 0 Å². The molecule has 0 spiro atoms. The average Bonchev–Trinajstić information content (AvgIpc) is 3.81. The van der Waals surface area contributed by atoms with E-state index in [0.717, 1.165) is 19.3 Å². The van der Waals surface area contributed by atoms with Gasteiger partial charge in [-0.1, -0.05) is 0 Å². The third-order valence-electron chi connectivity index (χ3n) is 10.5. The standard InChI is InChI=1S/3C16H24NOSi.Bi/c3*1-16(2,3)12-15(18-19(4)5)17-11-10-13-8-6-7-9-14(13)17;/h3*7-11,15,19H,12H2,1-5H3;. The van der Waals surface area contributed by atoms with E-state index in [1.807, 2.05) is 0 Å². The Bertz CT molecular complexity index is 2050. The molecule has 0 aliphatic carbocycles. The summed E-state index contributed by atoms with van der Waals surface area (Å²) in [7, 11) is -3.80. The van der Waals surface area contributed by atoms with Gasteiger partial charge in [-0.2, -0.15) is 0 Å². The molecule has 3 atom stereocenters. The van der Waals surface area contributed by atoms with Gasteiger partial charge in [-0.05, 0) is 0 Å². The van der Waals surface area contributed by atoms with Crippen molar-refractivity contribution in [2.75, 3.05) is 0 Å². The van der Waals surface area contributed by atoms with Crippen LogP contribution in [0.15, 0.2) is 91.4 Å². The Labute approximate surface area is 363 Å². The predicted molar refractivity (Wildman–Crippen MR) is 260 cm³/mol. The Balaban J connectivity index is 1.48. The molecule has 3 aromatic heterocycles. The van der Waals surface area contributed by atoms with Crippen LogP contribution in [0.4, 0.5) is 0 Å². The first-order valence-electron chi connectivity index (χ1n) is 21.6. The van der Waals surface area contributed by atoms with E-state index in [2.05, 4.69) is 207 Å². The Morgan fingerprint density at radius 3 is 0.914 bits per heavy atom. The van der Waals surface area contributed by atoms with E-state index in [0.29, 0.717) is 0 Å². The van der Waals surface area contributed by atoms with Crippen molar-refractivity contribution in [1.29, 1.82) is 0 Å². The molecule has 0 N–H and O–H groups in total. The van der Waals surface area contributed by atoms with Crippen molar-refractivity contribution in [3.63, 3.8) is 0 Å². The number of benzene rings is 3. The van der Waals surface area contributed by atoms with Crippen LogP contribution in [0, 0.1) is 16.2 Å². The van der Waals surface area contributed by atoms with E-state index >= 15 is 0 Å². The van der Waals surface area contributed by atoms with Crippen LogP contribution >= 0.6 is 0 Å². The summed E-state index contributed by atoms with van der Waals surface area (Å²) in [6.07, 6.45) is 9.86. The summed E-state index contributed by atoms with van der Waals surface area (Å²) in [5.74, 6) is 0. The zero-order valence-electron chi connectivity index (χ0n) is 38.3. The first-order valence-corrected chi connectivity index (χ1v) is 35.2. The molecule has 0 radical (unpaired) electrons.